The zero-order chi connectivity index (χ0) is 13.2. The van der Waals surface area contributed by atoms with Crippen LogP contribution in [-0.4, -0.2) is 22.3 Å². The molecule has 18 heavy (non-hydrogen) atoms. The van der Waals surface area contributed by atoms with E-state index < -0.39 is 10.8 Å². The van der Waals surface area contributed by atoms with E-state index in [9.17, 15) is 4.21 Å². The van der Waals surface area contributed by atoms with E-state index in [1.807, 2.05) is 24.3 Å². The standard InChI is InChI=1S/C14H23NO2S/c1-2-3-10-18(16)11-4-9-17-14-7-5-13(12-15)6-8-14/h5-8H,2-4,9-12,15H2,1H3. The summed E-state index contributed by atoms with van der Waals surface area (Å²) in [5, 5.41) is 0. The number of rotatable bonds is 9. The minimum Gasteiger partial charge on any atom is -0.494 e. The van der Waals surface area contributed by atoms with Gasteiger partial charge in [-0.3, -0.25) is 4.21 Å². The number of benzene rings is 1. The Bertz CT molecular complexity index is 351. The average Bonchev–Trinajstić information content (AvgIpc) is 2.42. The maximum atomic E-state index is 11.5. The molecule has 102 valence electrons. The summed E-state index contributed by atoms with van der Waals surface area (Å²) in [5.41, 5.74) is 6.62. The van der Waals surface area contributed by atoms with Crippen LogP contribution in [0.3, 0.4) is 0 Å². The third-order valence-electron chi connectivity index (χ3n) is 2.67. The third-order valence-corrected chi connectivity index (χ3v) is 4.16. The van der Waals surface area contributed by atoms with Crippen molar-refractivity contribution >= 4 is 10.8 Å². The molecule has 1 unspecified atom stereocenters. The van der Waals surface area contributed by atoms with E-state index in [0.29, 0.717) is 13.2 Å². The van der Waals surface area contributed by atoms with Gasteiger partial charge in [-0.25, -0.2) is 0 Å². The zero-order valence-corrected chi connectivity index (χ0v) is 11.9. The summed E-state index contributed by atoms with van der Waals surface area (Å²) in [5.74, 6) is 2.41. The second-order valence-corrected chi connectivity index (χ2v) is 5.95. The minimum atomic E-state index is -0.679. The lowest BCUT2D eigenvalue weighted by Gasteiger charge is -2.06. The van der Waals surface area contributed by atoms with Gasteiger partial charge in [-0.15, -0.1) is 0 Å². The average molecular weight is 269 g/mol. The van der Waals surface area contributed by atoms with Crippen molar-refractivity contribution in [2.45, 2.75) is 32.7 Å². The number of hydrogen-bond acceptors (Lipinski definition) is 3. The molecule has 0 aliphatic carbocycles. The second-order valence-electron chi connectivity index (χ2n) is 4.25. The maximum absolute atomic E-state index is 11.5. The lowest BCUT2D eigenvalue weighted by molar-refractivity contribution is 0.318. The Kier molecular flexibility index (Phi) is 7.69. The summed E-state index contributed by atoms with van der Waals surface area (Å²) in [4.78, 5) is 0. The molecule has 0 aliphatic heterocycles. The van der Waals surface area contributed by atoms with Crippen molar-refractivity contribution in [2.75, 3.05) is 18.1 Å². The Morgan fingerprint density at radius 1 is 1.17 bits per heavy atom. The first-order valence-corrected chi connectivity index (χ1v) is 8.02. The molecule has 0 spiro atoms. The fraction of sp³-hybridized carbons (Fsp3) is 0.571. The molecular formula is C14H23NO2S. The molecule has 0 fully saturated rings. The lowest BCUT2D eigenvalue weighted by Crippen LogP contribution is -2.07. The fourth-order valence-corrected chi connectivity index (χ4v) is 2.79. The third kappa shape index (κ3) is 6.17. The van der Waals surface area contributed by atoms with E-state index >= 15 is 0 Å². The summed E-state index contributed by atoms with van der Waals surface area (Å²) in [7, 11) is -0.679. The minimum absolute atomic E-state index is 0.552. The molecule has 0 amide bonds. The smallest absolute Gasteiger partial charge is 0.119 e. The second kappa shape index (κ2) is 9.11. The molecule has 0 aromatic heterocycles. The summed E-state index contributed by atoms with van der Waals surface area (Å²) >= 11 is 0. The molecule has 1 aromatic carbocycles. The number of ether oxygens (including phenoxy) is 1. The first-order valence-electron chi connectivity index (χ1n) is 6.53. The van der Waals surface area contributed by atoms with Gasteiger partial charge in [0.15, 0.2) is 0 Å². The van der Waals surface area contributed by atoms with E-state index in [2.05, 4.69) is 6.92 Å². The first kappa shape index (κ1) is 15.2. The normalized spacial score (nSPS) is 12.3. The Morgan fingerprint density at radius 2 is 1.83 bits per heavy atom. The molecule has 0 saturated carbocycles. The molecular weight excluding hydrogens is 246 g/mol. The fourth-order valence-electron chi connectivity index (χ4n) is 1.54. The topological polar surface area (TPSA) is 52.3 Å². The van der Waals surface area contributed by atoms with Gasteiger partial charge in [-0.05, 0) is 30.5 Å². The van der Waals surface area contributed by atoms with Gasteiger partial charge in [0.1, 0.15) is 5.75 Å². The molecule has 2 N–H and O–H groups in total. The van der Waals surface area contributed by atoms with E-state index in [4.69, 9.17) is 10.5 Å². The van der Waals surface area contributed by atoms with Crippen molar-refractivity contribution in [3.8, 4) is 5.75 Å². The van der Waals surface area contributed by atoms with Crippen molar-refractivity contribution in [1.29, 1.82) is 0 Å². The van der Waals surface area contributed by atoms with E-state index in [1.54, 1.807) is 0 Å². The van der Waals surface area contributed by atoms with Crippen molar-refractivity contribution in [2.24, 2.45) is 5.73 Å². The molecule has 1 aromatic rings. The molecule has 4 heteroatoms. The van der Waals surface area contributed by atoms with Gasteiger partial charge in [-0.2, -0.15) is 0 Å². The van der Waals surface area contributed by atoms with Crippen molar-refractivity contribution in [3.05, 3.63) is 29.8 Å². The highest BCUT2D eigenvalue weighted by Gasteiger charge is 2.00. The quantitative estimate of drug-likeness (QED) is 0.701. The van der Waals surface area contributed by atoms with E-state index in [0.717, 1.165) is 42.1 Å². The molecule has 0 radical (unpaired) electrons. The van der Waals surface area contributed by atoms with Crippen molar-refractivity contribution in [3.63, 3.8) is 0 Å². The van der Waals surface area contributed by atoms with Crippen molar-refractivity contribution < 1.29 is 8.95 Å². The van der Waals surface area contributed by atoms with Crippen LogP contribution in [0.5, 0.6) is 5.75 Å². The Morgan fingerprint density at radius 3 is 2.44 bits per heavy atom. The number of unbranched alkanes of at least 4 members (excludes halogenated alkanes) is 1. The molecule has 1 rings (SSSR count). The van der Waals surface area contributed by atoms with Gasteiger partial charge in [0.25, 0.3) is 0 Å². The van der Waals surface area contributed by atoms with Crippen LogP contribution in [-0.2, 0) is 17.3 Å². The van der Waals surface area contributed by atoms with Gasteiger partial charge in [0.05, 0.1) is 6.61 Å². The first-order chi connectivity index (χ1) is 8.76. The van der Waals surface area contributed by atoms with Gasteiger partial charge >= 0.3 is 0 Å². The van der Waals surface area contributed by atoms with Crippen LogP contribution in [0.15, 0.2) is 24.3 Å². The van der Waals surface area contributed by atoms with Crippen LogP contribution in [0.1, 0.15) is 31.7 Å². The molecule has 1 atom stereocenters. The Labute approximate surface area is 112 Å². The highest BCUT2D eigenvalue weighted by molar-refractivity contribution is 7.84. The molecule has 0 heterocycles. The monoisotopic (exact) mass is 269 g/mol. The van der Waals surface area contributed by atoms with Crippen LogP contribution < -0.4 is 10.5 Å². The highest BCUT2D eigenvalue weighted by atomic mass is 32.2. The van der Waals surface area contributed by atoms with Crippen LogP contribution >= 0.6 is 0 Å². The molecule has 0 aliphatic rings. The van der Waals surface area contributed by atoms with Crippen LogP contribution in [0.2, 0.25) is 0 Å². The number of nitrogens with two attached hydrogens (primary N) is 1. The predicted octanol–water partition coefficient (Wildman–Crippen LogP) is 2.46. The van der Waals surface area contributed by atoms with Gasteiger partial charge in [-0.1, -0.05) is 25.5 Å². The molecule has 3 nitrogen and oxygen atoms in total. The summed E-state index contributed by atoms with van der Waals surface area (Å²) in [6.07, 6.45) is 3.00. The molecule has 0 bridgehead atoms. The summed E-state index contributed by atoms with van der Waals surface area (Å²) < 4.78 is 17.1. The Hall–Kier alpha value is -0.870. The predicted molar refractivity (Wildman–Crippen MR) is 77.2 cm³/mol. The van der Waals surface area contributed by atoms with Crippen molar-refractivity contribution in [1.82, 2.24) is 0 Å². The SMILES string of the molecule is CCCCS(=O)CCCOc1ccc(CN)cc1. The summed E-state index contributed by atoms with van der Waals surface area (Å²) in [6.45, 7) is 3.29. The largest absolute Gasteiger partial charge is 0.494 e. The van der Waals surface area contributed by atoms with E-state index in [1.165, 1.54) is 0 Å². The van der Waals surface area contributed by atoms with Gasteiger partial charge in [0.2, 0.25) is 0 Å². The molecule has 0 saturated heterocycles. The zero-order valence-electron chi connectivity index (χ0n) is 11.1. The van der Waals surface area contributed by atoms with Gasteiger partial charge in [0, 0.05) is 28.9 Å². The summed E-state index contributed by atoms with van der Waals surface area (Å²) in [6, 6.07) is 7.79. The van der Waals surface area contributed by atoms with E-state index in [-0.39, 0.29) is 0 Å². The Balaban J connectivity index is 2.15. The van der Waals surface area contributed by atoms with Crippen LogP contribution in [0.25, 0.3) is 0 Å². The number of hydrogen-bond donors (Lipinski definition) is 1. The highest BCUT2D eigenvalue weighted by Crippen LogP contribution is 2.12. The maximum Gasteiger partial charge on any atom is 0.119 e. The van der Waals surface area contributed by atoms with Crippen LogP contribution in [0.4, 0.5) is 0 Å². The van der Waals surface area contributed by atoms with Crippen LogP contribution in [0, 0.1) is 0 Å². The lowest BCUT2D eigenvalue weighted by atomic mass is 10.2. The van der Waals surface area contributed by atoms with Gasteiger partial charge < -0.3 is 10.5 Å².